The van der Waals surface area contributed by atoms with Crippen molar-refractivity contribution in [3.05, 3.63) is 0 Å². The van der Waals surface area contributed by atoms with E-state index in [0.717, 1.165) is 0 Å². The summed E-state index contributed by atoms with van der Waals surface area (Å²) in [5.41, 5.74) is 10.7. The van der Waals surface area contributed by atoms with Gasteiger partial charge in [-0.15, -0.1) is 0 Å². The van der Waals surface area contributed by atoms with Crippen LogP contribution in [0.1, 0.15) is 13.8 Å². The number of aliphatic hydroxyl groups is 2. The number of hydrogen-bond donors (Lipinski definition) is 5. The second-order valence-electron chi connectivity index (χ2n) is 3.45. The largest absolute Gasteiger partial charge is 0.388 e. The summed E-state index contributed by atoms with van der Waals surface area (Å²) in [5.74, 6) is -0.102. The van der Waals surface area contributed by atoms with Crippen molar-refractivity contribution in [2.24, 2.45) is 17.4 Å². The molecule has 2 unspecified atom stereocenters. The highest BCUT2D eigenvalue weighted by atomic mass is 16.3. The van der Waals surface area contributed by atoms with E-state index in [1.54, 1.807) is 13.8 Å². The summed E-state index contributed by atoms with van der Waals surface area (Å²) >= 11 is 0. The topological polar surface area (TPSA) is 116 Å². The Labute approximate surface area is 78.2 Å². The molecule has 78 valence electrons. The van der Waals surface area contributed by atoms with Gasteiger partial charge in [0.15, 0.2) is 0 Å². The molecule has 0 aromatic carbocycles. The molecule has 13 heavy (non-hydrogen) atoms. The lowest BCUT2D eigenvalue weighted by atomic mass is 9.95. The van der Waals surface area contributed by atoms with Crippen molar-refractivity contribution in [3.63, 3.8) is 0 Å². The Morgan fingerprint density at radius 1 is 1.38 bits per heavy atom. The summed E-state index contributed by atoms with van der Waals surface area (Å²) in [5, 5.41) is 26.3. The highest BCUT2D eigenvalue weighted by Gasteiger charge is 2.27. The van der Waals surface area contributed by atoms with Crippen molar-refractivity contribution in [2.75, 3.05) is 6.54 Å². The highest BCUT2D eigenvalue weighted by molar-refractivity contribution is 5.87. The van der Waals surface area contributed by atoms with E-state index in [1.807, 2.05) is 0 Å². The minimum Gasteiger partial charge on any atom is -0.388 e. The van der Waals surface area contributed by atoms with Crippen LogP contribution in [0, 0.1) is 11.3 Å². The molecule has 3 atom stereocenters. The third-order valence-electron chi connectivity index (χ3n) is 1.97. The fourth-order valence-corrected chi connectivity index (χ4v) is 0.899. The maximum absolute atomic E-state index is 9.45. The van der Waals surface area contributed by atoms with Crippen LogP contribution in [0.3, 0.4) is 0 Å². The first kappa shape index (κ1) is 12.5. The first-order chi connectivity index (χ1) is 5.91. The van der Waals surface area contributed by atoms with Crippen LogP contribution in [0.4, 0.5) is 0 Å². The zero-order valence-corrected chi connectivity index (χ0v) is 8.07. The predicted molar refractivity (Wildman–Crippen MR) is 51.6 cm³/mol. The van der Waals surface area contributed by atoms with Crippen LogP contribution in [0.15, 0.2) is 0 Å². The maximum atomic E-state index is 9.45. The quantitative estimate of drug-likeness (QED) is 0.344. The molecule has 0 saturated carbocycles. The molecule has 0 aliphatic carbocycles. The summed E-state index contributed by atoms with van der Waals surface area (Å²) in [7, 11) is 0. The molecular weight excluding hydrogens is 170 g/mol. The minimum absolute atomic E-state index is 0.0800. The molecule has 0 rings (SSSR count). The Hall–Kier alpha value is -0.490. The Kier molecular flexibility index (Phi) is 5.09. The van der Waals surface area contributed by atoms with Crippen molar-refractivity contribution in [2.45, 2.75) is 32.1 Å². The van der Waals surface area contributed by atoms with Crippen molar-refractivity contribution in [1.82, 2.24) is 0 Å². The normalized spacial score (nSPS) is 18.4. The van der Waals surface area contributed by atoms with Gasteiger partial charge in [0.05, 0.1) is 0 Å². The fourth-order valence-electron chi connectivity index (χ4n) is 0.899. The number of rotatable bonds is 5. The van der Waals surface area contributed by atoms with Gasteiger partial charge in [-0.1, -0.05) is 13.8 Å². The molecule has 0 aliphatic heterocycles. The van der Waals surface area contributed by atoms with E-state index in [4.69, 9.17) is 16.9 Å². The molecule has 0 spiro atoms. The lowest BCUT2D eigenvalue weighted by Gasteiger charge is -2.24. The number of nitrogens with one attached hydrogen (secondary N) is 1. The molecule has 0 amide bonds. The van der Waals surface area contributed by atoms with E-state index in [0.29, 0.717) is 0 Å². The summed E-state index contributed by atoms with van der Waals surface area (Å²) in [6, 6.07) is -0.686. The van der Waals surface area contributed by atoms with E-state index in [-0.39, 0.29) is 18.2 Å². The van der Waals surface area contributed by atoms with E-state index in [2.05, 4.69) is 0 Å². The molecule has 0 aromatic rings. The average Bonchev–Trinajstić information content (AvgIpc) is 2.12. The van der Waals surface area contributed by atoms with Gasteiger partial charge in [0.1, 0.15) is 12.2 Å². The Bertz CT molecular complexity index is 173. The average molecular weight is 189 g/mol. The summed E-state index contributed by atoms with van der Waals surface area (Å²) in [4.78, 5) is 0. The standard InChI is InChI=1S/C8H19N3O2/c1-4(2)6(11)8(13)7(12)5(10)3-9/h4-5,7-8,11-13H,3,9-10H2,1-2H3/t5?,7?,8-/m1/s1. The molecule has 0 radical (unpaired) electrons. The van der Waals surface area contributed by atoms with Crippen LogP contribution in [-0.4, -0.2) is 40.7 Å². The molecule has 0 saturated heterocycles. The molecule has 7 N–H and O–H groups in total. The Balaban J connectivity index is 4.24. The molecular formula is C8H19N3O2. The van der Waals surface area contributed by atoms with Gasteiger partial charge in [-0.05, 0) is 5.92 Å². The predicted octanol–water partition coefficient (Wildman–Crippen LogP) is -1.33. The molecule has 0 heterocycles. The van der Waals surface area contributed by atoms with Gasteiger partial charge >= 0.3 is 0 Å². The molecule has 0 aromatic heterocycles. The Morgan fingerprint density at radius 3 is 2.15 bits per heavy atom. The SMILES string of the molecule is CC(C)C(=N)[C@@H](O)C(O)C(N)CN. The van der Waals surface area contributed by atoms with Crippen LogP contribution in [0.25, 0.3) is 0 Å². The third-order valence-corrected chi connectivity index (χ3v) is 1.97. The van der Waals surface area contributed by atoms with Crippen LogP contribution >= 0.6 is 0 Å². The molecule has 5 heteroatoms. The van der Waals surface area contributed by atoms with Gasteiger partial charge in [0.2, 0.25) is 0 Å². The monoisotopic (exact) mass is 189 g/mol. The van der Waals surface area contributed by atoms with E-state index >= 15 is 0 Å². The fraction of sp³-hybridized carbons (Fsp3) is 0.875. The van der Waals surface area contributed by atoms with E-state index in [9.17, 15) is 10.2 Å². The molecule has 0 aliphatic rings. The smallest absolute Gasteiger partial charge is 0.119 e. The number of hydrogen-bond acceptors (Lipinski definition) is 5. The van der Waals surface area contributed by atoms with Gasteiger partial charge in [0.25, 0.3) is 0 Å². The number of aliphatic hydroxyl groups excluding tert-OH is 2. The lowest BCUT2D eigenvalue weighted by Crippen LogP contribution is -2.50. The molecule has 5 nitrogen and oxygen atoms in total. The van der Waals surface area contributed by atoms with Crippen LogP contribution in [0.2, 0.25) is 0 Å². The van der Waals surface area contributed by atoms with Crippen molar-refractivity contribution < 1.29 is 10.2 Å². The first-order valence-electron chi connectivity index (χ1n) is 4.31. The van der Waals surface area contributed by atoms with E-state index < -0.39 is 18.2 Å². The van der Waals surface area contributed by atoms with Crippen molar-refractivity contribution in [1.29, 1.82) is 5.41 Å². The Morgan fingerprint density at radius 2 is 1.85 bits per heavy atom. The number of nitrogens with two attached hydrogens (primary N) is 2. The second kappa shape index (κ2) is 5.29. The highest BCUT2D eigenvalue weighted by Crippen LogP contribution is 2.06. The summed E-state index contributed by atoms with van der Waals surface area (Å²) in [6.45, 7) is 3.63. The van der Waals surface area contributed by atoms with Gasteiger partial charge in [-0.3, -0.25) is 0 Å². The third kappa shape index (κ3) is 3.40. The van der Waals surface area contributed by atoms with Gasteiger partial charge in [-0.2, -0.15) is 0 Å². The van der Waals surface area contributed by atoms with Gasteiger partial charge < -0.3 is 27.1 Å². The molecule has 0 fully saturated rings. The zero-order valence-electron chi connectivity index (χ0n) is 8.07. The first-order valence-corrected chi connectivity index (χ1v) is 4.31. The van der Waals surface area contributed by atoms with Crippen molar-refractivity contribution in [3.8, 4) is 0 Å². The van der Waals surface area contributed by atoms with Gasteiger partial charge in [0, 0.05) is 18.3 Å². The zero-order chi connectivity index (χ0) is 10.6. The molecule has 0 bridgehead atoms. The van der Waals surface area contributed by atoms with Gasteiger partial charge in [-0.25, -0.2) is 0 Å². The van der Waals surface area contributed by atoms with Crippen LogP contribution in [0.5, 0.6) is 0 Å². The van der Waals surface area contributed by atoms with Crippen molar-refractivity contribution >= 4 is 5.71 Å². The maximum Gasteiger partial charge on any atom is 0.119 e. The van der Waals surface area contributed by atoms with Crippen LogP contribution < -0.4 is 11.5 Å². The van der Waals surface area contributed by atoms with Crippen LogP contribution in [-0.2, 0) is 0 Å². The second-order valence-corrected chi connectivity index (χ2v) is 3.45. The minimum atomic E-state index is -1.21. The lowest BCUT2D eigenvalue weighted by molar-refractivity contribution is 0.0412. The van der Waals surface area contributed by atoms with E-state index in [1.165, 1.54) is 0 Å². The summed E-state index contributed by atoms with van der Waals surface area (Å²) < 4.78 is 0. The summed E-state index contributed by atoms with van der Waals surface area (Å²) in [6.07, 6.45) is -2.36.